The van der Waals surface area contributed by atoms with Crippen molar-refractivity contribution in [3.63, 3.8) is 0 Å². The maximum absolute atomic E-state index is 11.9. The number of nitrogens with one attached hydrogen (secondary N) is 1. The van der Waals surface area contributed by atoms with E-state index in [1.165, 1.54) is 0 Å². The SMILES string of the molecule is C=Nc1ccsc1/C(=C\C)c1cc(Cl)cc(C)c1OC1CCNC1=O. The molecular formula is C19H19ClN2O2S. The van der Waals surface area contributed by atoms with Gasteiger partial charge in [-0.05, 0) is 49.7 Å². The third-order valence-electron chi connectivity index (χ3n) is 4.14. The van der Waals surface area contributed by atoms with Gasteiger partial charge in [0, 0.05) is 29.1 Å². The number of thiophene rings is 1. The zero-order chi connectivity index (χ0) is 18.0. The van der Waals surface area contributed by atoms with E-state index in [-0.39, 0.29) is 5.91 Å². The van der Waals surface area contributed by atoms with Crippen LogP contribution in [0.4, 0.5) is 5.69 Å². The molecule has 0 spiro atoms. The van der Waals surface area contributed by atoms with Crippen LogP contribution in [-0.4, -0.2) is 25.3 Å². The normalized spacial score (nSPS) is 17.5. The summed E-state index contributed by atoms with van der Waals surface area (Å²) in [6.07, 6.45) is 2.19. The predicted molar refractivity (Wildman–Crippen MR) is 105 cm³/mol. The molecule has 0 bridgehead atoms. The predicted octanol–water partition coefficient (Wildman–Crippen LogP) is 4.76. The molecule has 1 unspecified atom stereocenters. The molecule has 0 saturated carbocycles. The quantitative estimate of drug-likeness (QED) is 0.767. The van der Waals surface area contributed by atoms with Gasteiger partial charge in [0.1, 0.15) is 5.75 Å². The Hall–Kier alpha value is -2.11. The number of amides is 1. The Morgan fingerprint density at radius 3 is 2.96 bits per heavy atom. The van der Waals surface area contributed by atoms with Gasteiger partial charge in [-0.2, -0.15) is 0 Å². The molecule has 1 amide bonds. The van der Waals surface area contributed by atoms with Crippen molar-refractivity contribution in [3.05, 3.63) is 50.7 Å². The summed E-state index contributed by atoms with van der Waals surface area (Å²) >= 11 is 7.89. The second-order valence-electron chi connectivity index (χ2n) is 5.78. The number of benzene rings is 1. The molecule has 1 aromatic carbocycles. The van der Waals surface area contributed by atoms with Gasteiger partial charge in [-0.3, -0.25) is 9.79 Å². The maximum atomic E-state index is 11.9. The lowest BCUT2D eigenvalue weighted by molar-refractivity contribution is -0.124. The van der Waals surface area contributed by atoms with Gasteiger partial charge in [-0.15, -0.1) is 11.3 Å². The molecule has 4 nitrogen and oxygen atoms in total. The second kappa shape index (κ2) is 7.42. The van der Waals surface area contributed by atoms with Crippen LogP contribution in [0.2, 0.25) is 5.02 Å². The summed E-state index contributed by atoms with van der Waals surface area (Å²) in [7, 11) is 0. The molecule has 3 rings (SSSR count). The molecule has 0 radical (unpaired) electrons. The van der Waals surface area contributed by atoms with E-state index >= 15 is 0 Å². The van der Waals surface area contributed by atoms with Crippen LogP contribution in [0.5, 0.6) is 5.75 Å². The molecule has 2 aromatic rings. The zero-order valence-corrected chi connectivity index (χ0v) is 15.7. The Kier molecular flexibility index (Phi) is 5.25. The number of aliphatic imine (C=N–C) groups is 1. The minimum Gasteiger partial charge on any atom is -0.480 e. The molecule has 2 heterocycles. The first-order valence-corrected chi connectivity index (χ1v) is 9.26. The number of allylic oxidation sites excluding steroid dienone is 1. The van der Waals surface area contributed by atoms with Gasteiger partial charge in [0.15, 0.2) is 6.10 Å². The highest BCUT2D eigenvalue weighted by atomic mass is 35.5. The summed E-state index contributed by atoms with van der Waals surface area (Å²) in [6.45, 7) is 8.18. The fourth-order valence-corrected chi connectivity index (χ4v) is 4.16. The standard InChI is InChI=1S/C19H19ClN2O2S/c1-4-13(18-15(21-3)6-8-25-18)14-10-12(20)9-11(2)17(14)24-16-5-7-22-19(16)23/h4,6,8-10,16H,3,5,7H2,1-2H3,(H,22,23)/b13-4-. The molecule has 1 aliphatic rings. The van der Waals surface area contributed by atoms with Crippen molar-refractivity contribution in [2.24, 2.45) is 4.99 Å². The minimum atomic E-state index is -0.475. The summed E-state index contributed by atoms with van der Waals surface area (Å²) < 4.78 is 6.11. The first-order valence-electron chi connectivity index (χ1n) is 8.01. The number of ether oxygens (including phenoxy) is 1. The number of carbonyl (C=O) groups is 1. The third kappa shape index (κ3) is 3.48. The molecule has 1 N–H and O–H groups in total. The van der Waals surface area contributed by atoms with Crippen molar-refractivity contribution in [2.75, 3.05) is 6.54 Å². The van der Waals surface area contributed by atoms with Gasteiger partial charge < -0.3 is 10.1 Å². The van der Waals surface area contributed by atoms with E-state index < -0.39 is 6.10 Å². The second-order valence-corrected chi connectivity index (χ2v) is 7.13. The van der Waals surface area contributed by atoms with Crippen LogP contribution in [0, 0.1) is 6.92 Å². The highest BCUT2D eigenvalue weighted by Crippen LogP contribution is 2.42. The molecule has 25 heavy (non-hydrogen) atoms. The first-order chi connectivity index (χ1) is 12.0. The van der Waals surface area contributed by atoms with Gasteiger partial charge in [0.05, 0.1) is 10.6 Å². The van der Waals surface area contributed by atoms with Crippen LogP contribution in [0.25, 0.3) is 5.57 Å². The van der Waals surface area contributed by atoms with Crippen LogP contribution in [-0.2, 0) is 4.79 Å². The van der Waals surface area contributed by atoms with Crippen molar-refractivity contribution >= 4 is 46.8 Å². The number of carbonyl (C=O) groups excluding carboxylic acids is 1. The Labute approximate surface area is 156 Å². The summed E-state index contributed by atoms with van der Waals surface area (Å²) in [4.78, 5) is 17.0. The van der Waals surface area contributed by atoms with Crippen LogP contribution in [0.3, 0.4) is 0 Å². The van der Waals surface area contributed by atoms with Crippen LogP contribution in [0.1, 0.15) is 29.3 Å². The number of nitrogens with zero attached hydrogens (tertiary/aromatic N) is 1. The zero-order valence-electron chi connectivity index (χ0n) is 14.1. The summed E-state index contributed by atoms with van der Waals surface area (Å²) in [5.74, 6) is 0.606. The van der Waals surface area contributed by atoms with Gasteiger partial charge in [0.2, 0.25) is 0 Å². The van der Waals surface area contributed by atoms with Crippen molar-refractivity contribution in [1.82, 2.24) is 5.32 Å². The fourth-order valence-electron chi connectivity index (χ4n) is 2.95. The van der Waals surface area contributed by atoms with E-state index in [0.29, 0.717) is 23.7 Å². The maximum Gasteiger partial charge on any atom is 0.261 e. The Morgan fingerprint density at radius 1 is 1.52 bits per heavy atom. The molecule has 130 valence electrons. The Bertz CT molecular complexity index is 857. The van der Waals surface area contributed by atoms with Gasteiger partial charge in [0.25, 0.3) is 5.91 Å². The van der Waals surface area contributed by atoms with Gasteiger partial charge >= 0.3 is 0 Å². The molecule has 1 saturated heterocycles. The van der Waals surface area contributed by atoms with Crippen LogP contribution in [0.15, 0.2) is 34.6 Å². The number of halogens is 1. The van der Waals surface area contributed by atoms with E-state index in [2.05, 4.69) is 17.0 Å². The Morgan fingerprint density at radius 2 is 2.32 bits per heavy atom. The average Bonchev–Trinajstić information content (AvgIpc) is 3.20. The average molecular weight is 375 g/mol. The summed E-state index contributed by atoms with van der Waals surface area (Å²) in [5, 5.41) is 5.41. The molecular weight excluding hydrogens is 356 g/mol. The highest BCUT2D eigenvalue weighted by molar-refractivity contribution is 7.11. The first kappa shape index (κ1) is 17.7. The van der Waals surface area contributed by atoms with Crippen molar-refractivity contribution in [2.45, 2.75) is 26.4 Å². The molecule has 1 fully saturated rings. The van der Waals surface area contributed by atoms with E-state index in [1.54, 1.807) is 11.3 Å². The summed E-state index contributed by atoms with van der Waals surface area (Å²) in [6, 6.07) is 5.65. The van der Waals surface area contributed by atoms with Crippen LogP contribution >= 0.6 is 22.9 Å². The van der Waals surface area contributed by atoms with Crippen molar-refractivity contribution < 1.29 is 9.53 Å². The van der Waals surface area contributed by atoms with Gasteiger partial charge in [-0.25, -0.2) is 0 Å². The topological polar surface area (TPSA) is 50.7 Å². The van der Waals surface area contributed by atoms with Crippen LogP contribution < -0.4 is 10.1 Å². The number of rotatable bonds is 5. The highest BCUT2D eigenvalue weighted by Gasteiger charge is 2.28. The third-order valence-corrected chi connectivity index (χ3v) is 5.29. The minimum absolute atomic E-state index is 0.0769. The summed E-state index contributed by atoms with van der Waals surface area (Å²) in [5.41, 5.74) is 3.54. The van der Waals surface area contributed by atoms with E-state index in [4.69, 9.17) is 16.3 Å². The fraction of sp³-hybridized carbons (Fsp3) is 0.263. The number of aryl methyl sites for hydroxylation is 1. The molecule has 1 aromatic heterocycles. The van der Waals surface area contributed by atoms with Crippen molar-refractivity contribution in [3.8, 4) is 5.75 Å². The lowest BCUT2D eigenvalue weighted by Gasteiger charge is -2.19. The lowest BCUT2D eigenvalue weighted by Crippen LogP contribution is -2.28. The van der Waals surface area contributed by atoms with E-state index in [0.717, 1.165) is 27.3 Å². The van der Waals surface area contributed by atoms with Gasteiger partial charge in [-0.1, -0.05) is 17.7 Å². The van der Waals surface area contributed by atoms with E-state index in [1.807, 2.05) is 43.5 Å². The molecule has 1 atom stereocenters. The monoisotopic (exact) mass is 374 g/mol. The number of hydrogen-bond donors (Lipinski definition) is 1. The largest absolute Gasteiger partial charge is 0.480 e. The molecule has 6 heteroatoms. The van der Waals surface area contributed by atoms with E-state index in [9.17, 15) is 4.79 Å². The smallest absolute Gasteiger partial charge is 0.261 e. The molecule has 0 aliphatic carbocycles. The Balaban J connectivity index is 2.10. The van der Waals surface area contributed by atoms with Crippen molar-refractivity contribution in [1.29, 1.82) is 0 Å². The lowest BCUT2D eigenvalue weighted by atomic mass is 9.99. The number of hydrogen-bond acceptors (Lipinski definition) is 4. The molecule has 1 aliphatic heterocycles.